The quantitative estimate of drug-likeness (QED) is 0.776. The van der Waals surface area contributed by atoms with E-state index in [-0.39, 0.29) is 15.1 Å². The number of hydrogen-bond donors (Lipinski definition) is 1. The molecule has 2 aromatic carbocycles. The fraction of sp³-hybridized carbons (Fsp3) is 0.143. The van der Waals surface area contributed by atoms with Crippen molar-refractivity contribution in [3.63, 3.8) is 0 Å². The fourth-order valence-corrected chi connectivity index (χ4v) is 3.36. The van der Waals surface area contributed by atoms with E-state index in [0.717, 1.165) is 5.56 Å². The van der Waals surface area contributed by atoms with Crippen molar-refractivity contribution in [2.45, 2.75) is 11.3 Å². The van der Waals surface area contributed by atoms with Crippen molar-refractivity contribution in [1.29, 1.82) is 0 Å². The molecular formula is C14H12BrClFNO2S. The van der Waals surface area contributed by atoms with Crippen LogP contribution in [0, 0.1) is 5.82 Å². The Morgan fingerprint density at radius 3 is 2.38 bits per heavy atom. The van der Waals surface area contributed by atoms with E-state index in [1.807, 2.05) is 0 Å². The zero-order chi connectivity index (χ0) is 15.5. The zero-order valence-corrected chi connectivity index (χ0v) is 14.0. The SMILES string of the molecule is O=S(=O)(Nc1ccc(F)c(Br)c1)c1ccc(CCCl)cc1. The molecule has 0 bridgehead atoms. The smallest absolute Gasteiger partial charge is 0.261 e. The molecule has 0 saturated heterocycles. The van der Waals surface area contributed by atoms with Gasteiger partial charge in [-0.1, -0.05) is 12.1 Å². The molecule has 3 nitrogen and oxygen atoms in total. The third-order valence-corrected chi connectivity index (χ3v) is 4.98. The molecule has 1 N–H and O–H groups in total. The van der Waals surface area contributed by atoms with Crippen LogP contribution in [-0.2, 0) is 16.4 Å². The number of nitrogens with one attached hydrogen (secondary N) is 1. The Morgan fingerprint density at radius 1 is 1.14 bits per heavy atom. The molecule has 2 rings (SSSR count). The Balaban J connectivity index is 2.23. The lowest BCUT2D eigenvalue weighted by molar-refractivity contribution is 0.601. The van der Waals surface area contributed by atoms with Crippen LogP contribution in [0.3, 0.4) is 0 Å². The van der Waals surface area contributed by atoms with Gasteiger partial charge in [-0.25, -0.2) is 12.8 Å². The van der Waals surface area contributed by atoms with E-state index in [2.05, 4.69) is 20.7 Å². The first-order valence-corrected chi connectivity index (χ1v) is 8.86. The minimum atomic E-state index is -3.70. The lowest BCUT2D eigenvalue weighted by Crippen LogP contribution is -2.13. The Bertz CT molecular complexity index is 735. The third kappa shape index (κ3) is 4.18. The molecule has 0 saturated carbocycles. The molecule has 0 atom stereocenters. The molecular weight excluding hydrogens is 381 g/mol. The second kappa shape index (κ2) is 6.77. The molecule has 0 amide bonds. The number of alkyl halides is 1. The summed E-state index contributed by atoms with van der Waals surface area (Å²) in [6.07, 6.45) is 0.681. The molecule has 7 heteroatoms. The van der Waals surface area contributed by atoms with Crippen molar-refractivity contribution in [2.75, 3.05) is 10.6 Å². The van der Waals surface area contributed by atoms with Crippen LogP contribution in [0.5, 0.6) is 0 Å². The largest absolute Gasteiger partial charge is 0.280 e. The highest BCUT2D eigenvalue weighted by Gasteiger charge is 2.14. The van der Waals surface area contributed by atoms with Crippen molar-refractivity contribution < 1.29 is 12.8 Å². The van der Waals surface area contributed by atoms with E-state index in [4.69, 9.17) is 11.6 Å². The Hall–Kier alpha value is -1.11. The third-order valence-electron chi connectivity index (χ3n) is 2.79. The first-order valence-electron chi connectivity index (χ1n) is 6.05. The summed E-state index contributed by atoms with van der Waals surface area (Å²) in [5.74, 6) is 0.0249. The van der Waals surface area contributed by atoms with Gasteiger partial charge in [0.1, 0.15) is 5.82 Å². The van der Waals surface area contributed by atoms with Gasteiger partial charge in [-0.3, -0.25) is 4.72 Å². The van der Waals surface area contributed by atoms with Crippen molar-refractivity contribution in [3.05, 3.63) is 58.3 Å². The van der Waals surface area contributed by atoms with Crippen LogP contribution >= 0.6 is 27.5 Å². The van der Waals surface area contributed by atoms with Crippen LogP contribution in [0.25, 0.3) is 0 Å². The maximum Gasteiger partial charge on any atom is 0.261 e. The predicted octanol–water partition coefficient (Wildman–Crippen LogP) is 4.17. The Kier molecular flexibility index (Phi) is 5.24. The number of sulfonamides is 1. The maximum absolute atomic E-state index is 13.1. The standard InChI is InChI=1S/C14H12BrClFNO2S/c15-13-9-11(3-6-14(13)17)18-21(19,20)12-4-1-10(2-5-12)7-8-16/h1-6,9,18H,7-8H2. The van der Waals surface area contributed by atoms with Gasteiger partial charge < -0.3 is 0 Å². The van der Waals surface area contributed by atoms with Crippen LogP contribution in [0.4, 0.5) is 10.1 Å². The van der Waals surface area contributed by atoms with Crippen molar-refractivity contribution >= 4 is 43.2 Å². The number of aryl methyl sites for hydroxylation is 1. The first-order chi connectivity index (χ1) is 9.92. The fourth-order valence-electron chi connectivity index (χ4n) is 1.72. The Labute approximate surface area is 136 Å². The highest BCUT2D eigenvalue weighted by atomic mass is 79.9. The minimum absolute atomic E-state index is 0.140. The Morgan fingerprint density at radius 2 is 1.81 bits per heavy atom. The molecule has 0 aliphatic rings. The molecule has 0 fully saturated rings. The summed E-state index contributed by atoms with van der Waals surface area (Å²) in [5, 5.41) is 0. The summed E-state index contributed by atoms with van der Waals surface area (Å²) < 4.78 is 40.2. The summed E-state index contributed by atoms with van der Waals surface area (Å²) in [4.78, 5) is 0.140. The lowest BCUT2D eigenvalue weighted by atomic mass is 10.2. The number of hydrogen-bond acceptors (Lipinski definition) is 2. The molecule has 0 aromatic heterocycles. The highest BCUT2D eigenvalue weighted by molar-refractivity contribution is 9.10. The van der Waals surface area contributed by atoms with Gasteiger partial charge in [0.25, 0.3) is 10.0 Å². The average Bonchev–Trinajstić information content (AvgIpc) is 2.44. The normalized spacial score (nSPS) is 11.4. The van der Waals surface area contributed by atoms with E-state index in [9.17, 15) is 12.8 Å². The van der Waals surface area contributed by atoms with Crippen LogP contribution in [0.2, 0.25) is 0 Å². The van der Waals surface area contributed by atoms with Gasteiger partial charge in [-0.05, 0) is 58.2 Å². The summed E-state index contributed by atoms with van der Waals surface area (Å²) in [6.45, 7) is 0. The molecule has 0 aliphatic heterocycles. The predicted molar refractivity (Wildman–Crippen MR) is 85.8 cm³/mol. The second-order valence-electron chi connectivity index (χ2n) is 4.32. The highest BCUT2D eigenvalue weighted by Crippen LogP contribution is 2.22. The molecule has 112 valence electrons. The molecule has 0 radical (unpaired) electrons. The molecule has 21 heavy (non-hydrogen) atoms. The molecule has 0 aliphatic carbocycles. The monoisotopic (exact) mass is 391 g/mol. The van der Waals surface area contributed by atoms with Crippen LogP contribution in [-0.4, -0.2) is 14.3 Å². The van der Waals surface area contributed by atoms with E-state index in [1.54, 1.807) is 12.1 Å². The van der Waals surface area contributed by atoms with Gasteiger partial charge in [0.2, 0.25) is 0 Å². The van der Waals surface area contributed by atoms with Gasteiger partial charge in [0, 0.05) is 5.88 Å². The van der Waals surface area contributed by atoms with E-state index in [1.165, 1.54) is 30.3 Å². The summed E-state index contributed by atoms with van der Waals surface area (Å²) >= 11 is 8.65. The topological polar surface area (TPSA) is 46.2 Å². The van der Waals surface area contributed by atoms with Gasteiger partial charge in [-0.2, -0.15) is 0 Å². The summed E-state index contributed by atoms with van der Waals surface area (Å²) in [7, 11) is -3.70. The van der Waals surface area contributed by atoms with Gasteiger partial charge in [0.15, 0.2) is 0 Å². The van der Waals surface area contributed by atoms with Crippen molar-refractivity contribution in [1.82, 2.24) is 0 Å². The van der Waals surface area contributed by atoms with Crippen molar-refractivity contribution in [3.8, 4) is 0 Å². The molecule has 0 heterocycles. The van der Waals surface area contributed by atoms with Crippen LogP contribution in [0.15, 0.2) is 51.8 Å². The van der Waals surface area contributed by atoms with Gasteiger partial charge >= 0.3 is 0 Å². The summed E-state index contributed by atoms with van der Waals surface area (Å²) in [5.41, 5.74) is 1.25. The zero-order valence-electron chi connectivity index (χ0n) is 10.8. The second-order valence-corrected chi connectivity index (χ2v) is 7.23. The van der Waals surface area contributed by atoms with Crippen molar-refractivity contribution in [2.24, 2.45) is 0 Å². The maximum atomic E-state index is 13.1. The first kappa shape index (κ1) is 16.3. The number of benzene rings is 2. The number of rotatable bonds is 5. The van der Waals surface area contributed by atoms with Crippen LogP contribution in [0.1, 0.15) is 5.56 Å². The summed E-state index contributed by atoms with van der Waals surface area (Å²) in [6, 6.07) is 10.4. The van der Waals surface area contributed by atoms with Crippen LogP contribution < -0.4 is 4.72 Å². The minimum Gasteiger partial charge on any atom is -0.280 e. The molecule has 2 aromatic rings. The van der Waals surface area contributed by atoms with E-state index in [0.29, 0.717) is 12.3 Å². The average molecular weight is 393 g/mol. The lowest BCUT2D eigenvalue weighted by Gasteiger charge is -2.09. The number of anilines is 1. The molecule has 0 spiro atoms. The number of halogens is 3. The van der Waals surface area contributed by atoms with E-state index >= 15 is 0 Å². The van der Waals surface area contributed by atoms with E-state index < -0.39 is 15.8 Å². The van der Waals surface area contributed by atoms with Gasteiger partial charge in [-0.15, -0.1) is 11.6 Å². The molecule has 0 unspecified atom stereocenters. The van der Waals surface area contributed by atoms with Gasteiger partial charge in [0.05, 0.1) is 15.1 Å².